The summed E-state index contributed by atoms with van der Waals surface area (Å²) >= 11 is 0. The van der Waals surface area contributed by atoms with Gasteiger partial charge in [0, 0.05) is 62.0 Å². The second kappa shape index (κ2) is 14.5. The van der Waals surface area contributed by atoms with E-state index in [4.69, 9.17) is 4.74 Å². The maximum Gasteiger partial charge on any atom is 0.272 e. The van der Waals surface area contributed by atoms with E-state index in [1.54, 1.807) is 19.1 Å². The number of aryl methyl sites for hydroxylation is 1. The van der Waals surface area contributed by atoms with Crippen molar-refractivity contribution in [2.45, 2.75) is 82.0 Å². The minimum atomic E-state index is -2.79. The van der Waals surface area contributed by atoms with Crippen molar-refractivity contribution in [3.63, 3.8) is 0 Å². The van der Waals surface area contributed by atoms with Crippen LogP contribution in [0.1, 0.15) is 80.5 Å². The largest absolute Gasteiger partial charge is 0.508 e. The number of phenols is 1. The second-order valence-corrected chi connectivity index (χ2v) is 18.9. The number of ether oxygens (including phenoxy) is 1. The van der Waals surface area contributed by atoms with E-state index in [-0.39, 0.29) is 28.7 Å². The number of carbonyl (C=O) groups is 4. The van der Waals surface area contributed by atoms with Crippen LogP contribution in [0.5, 0.6) is 11.5 Å². The summed E-state index contributed by atoms with van der Waals surface area (Å²) < 4.78 is 6.23. The van der Waals surface area contributed by atoms with Crippen molar-refractivity contribution >= 4 is 29.0 Å². The fourth-order valence-electron chi connectivity index (χ4n) is 12.5. The standard InChI is InChI=1S/C46H56N4O10/c1-44-15-14-27-26-11-9-25(22-24(26)8-10-28(27)29(44)12-13-34(44)52)60-21-20-49-16-18-50(19-17-49)47-43(57)37-40(54)38(48(3)4)32-23-31-36(41(55)46(32,59)42(37)56)39(53)35-30(45(31,2)58)6-5-7-33(35)51/h5-7,9,11,22,27-29,31-32,38,51,53,56,58-59H,8,10,12-21,23H2,1-4H3,(H,47,57)/t27-,28-,29+,31+,32+,38+,44+,45-,46+/m1/s1. The highest BCUT2D eigenvalue weighted by molar-refractivity contribution is 6.25. The third kappa shape index (κ3) is 5.99. The average molecular weight is 825 g/mol. The van der Waals surface area contributed by atoms with Gasteiger partial charge in [0.25, 0.3) is 5.91 Å². The summed E-state index contributed by atoms with van der Waals surface area (Å²) in [6.07, 6.45) is 5.71. The number of nitrogens with zero attached hydrogens (tertiary/aromatic N) is 3. The van der Waals surface area contributed by atoms with Gasteiger partial charge in [0.1, 0.15) is 41.0 Å². The van der Waals surface area contributed by atoms with E-state index in [2.05, 4.69) is 35.4 Å². The summed E-state index contributed by atoms with van der Waals surface area (Å²) in [5, 5.41) is 59.4. The van der Waals surface area contributed by atoms with Crippen LogP contribution in [0.3, 0.4) is 0 Å². The molecule has 60 heavy (non-hydrogen) atoms. The van der Waals surface area contributed by atoms with Gasteiger partial charge >= 0.3 is 0 Å². The van der Waals surface area contributed by atoms with Gasteiger partial charge in [-0.15, -0.1) is 0 Å². The smallest absolute Gasteiger partial charge is 0.272 e. The molecule has 1 saturated heterocycles. The Bertz CT molecular complexity index is 2240. The van der Waals surface area contributed by atoms with Gasteiger partial charge in [-0.1, -0.05) is 25.1 Å². The lowest BCUT2D eigenvalue weighted by molar-refractivity contribution is -0.159. The highest BCUT2D eigenvalue weighted by Gasteiger charge is 2.67. The number of hydrogen-bond donors (Lipinski definition) is 6. The van der Waals surface area contributed by atoms with Crippen molar-refractivity contribution in [3.05, 3.63) is 75.6 Å². The molecule has 4 fully saturated rings. The number of amides is 1. The first-order valence-corrected chi connectivity index (χ1v) is 21.5. The molecule has 1 amide bonds. The van der Waals surface area contributed by atoms with Crippen LogP contribution in [0.25, 0.3) is 5.76 Å². The first-order valence-electron chi connectivity index (χ1n) is 21.5. The molecule has 2 aromatic rings. The molecule has 3 saturated carbocycles. The zero-order valence-corrected chi connectivity index (χ0v) is 34.7. The molecule has 0 radical (unpaired) electrons. The summed E-state index contributed by atoms with van der Waals surface area (Å²) in [6, 6.07) is 9.56. The Labute approximate surface area is 349 Å². The third-order valence-electron chi connectivity index (χ3n) is 15.7. The molecule has 0 bridgehead atoms. The van der Waals surface area contributed by atoms with Gasteiger partial charge in [-0.05, 0) is 112 Å². The lowest BCUT2D eigenvalue weighted by Gasteiger charge is -2.53. The normalized spacial score (nSPS) is 35.4. The number of nitrogens with one attached hydrogen (secondary N) is 1. The minimum Gasteiger partial charge on any atom is -0.508 e. The predicted molar refractivity (Wildman–Crippen MR) is 219 cm³/mol. The lowest BCUT2D eigenvalue weighted by Crippen LogP contribution is -2.67. The summed E-state index contributed by atoms with van der Waals surface area (Å²) in [5.74, 6) is -4.56. The minimum absolute atomic E-state index is 0.134. The number of rotatable bonds is 7. The van der Waals surface area contributed by atoms with Crippen LogP contribution in [0.15, 0.2) is 53.3 Å². The Kier molecular flexibility index (Phi) is 9.86. The highest BCUT2D eigenvalue weighted by Crippen LogP contribution is 2.60. The molecule has 14 heteroatoms. The summed E-state index contributed by atoms with van der Waals surface area (Å²) in [4.78, 5) is 58.8. The fourth-order valence-corrected chi connectivity index (χ4v) is 12.5. The van der Waals surface area contributed by atoms with Gasteiger partial charge in [0.15, 0.2) is 11.4 Å². The van der Waals surface area contributed by atoms with Crippen molar-refractivity contribution in [2.24, 2.45) is 29.1 Å². The molecule has 2 aromatic carbocycles. The summed E-state index contributed by atoms with van der Waals surface area (Å²) in [7, 11) is 3.13. The van der Waals surface area contributed by atoms with Crippen molar-refractivity contribution in [1.82, 2.24) is 20.2 Å². The number of hydrogen-bond acceptors (Lipinski definition) is 13. The molecule has 1 heterocycles. The fraction of sp³-hybridized carbons (Fsp3) is 0.565. The quantitative estimate of drug-likeness (QED) is 0.223. The number of hydrazine groups is 1. The number of aromatic hydroxyl groups is 1. The van der Waals surface area contributed by atoms with Crippen LogP contribution in [-0.2, 0) is 31.2 Å². The van der Waals surface area contributed by atoms with Gasteiger partial charge in [-0.25, -0.2) is 5.01 Å². The Hall–Kier alpha value is -4.60. The molecule has 6 aliphatic carbocycles. The average Bonchev–Trinajstić information content (AvgIpc) is 3.52. The summed E-state index contributed by atoms with van der Waals surface area (Å²) in [5.41, 5.74) is -0.391. The van der Waals surface area contributed by atoms with E-state index in [1.807, 2.05) is 0 Å². The number of benzene rings is 2. The van der Waals surface area contributed by atoms with Crippen LogP contribution in [0, 0.1) is 29.1 Å². The first kappa shape index (κ1) is 40.8. The number of likely N-dealkylation sites (N-methyl/N-ethyl adjacent to an activating group) is 1. The maximum absolute atomic E-state index is 14.4. The van der Waals surface area contributed by atoms with Gasteiger partial charge in [-0.3, -0.25) is 34.4 Å². The number of carbonyl (C=O) groups excluding carboxylic acids is 4. The second-order valence-electron chi connectivity index (χ2n) is 18.9. The predicted octanol–water partition coefficient (Wildman–Crippen LogP) is 3.30. The van der Waals surface area contributed by atoms with Gasteiger partial charge in [0.05, 0.1) is 17.2 Å². The molecule has 1 aliphatic heterocycles. The number of aliphatic hydroxyl groups excluding tert-OH is 2. The van der Waals surface area contributed by atoms with Crippen LogP contribution >= 0.6 is 0 Å². The van der Waals surface area contributed by atoms with Gasteiger partial charge in [0.2, 0.25) is 5.78 Å². The van der Waals surface area contributed by atoms with Crippen molar-refractivity contribution in [1.29, 1.82) is 0 Å². The van der Waals surface area contributed by atoms with Gasteiger partial charge < -0.3 is 30.3 Å². The monoisotopic (exact) mass is 824 g/mol. The Morgan fingerprint density at radius 2 is 1.70 bits per heavy atom. The van der Waals surface area contributed by atoms with Crippen LogP contribution in [-0.4, -0.2) is 129 Å². The molecular weight excluding hydrogens is 769 g/mol. The highest BCUT2D eigenvalue weighted by atomic mass is 16.5. The molecule has 6 N–H and O–H groups in total. The topological polar surface area (TPSA) is 200 Å². The van der Waals surface area contributed by atoms with Crippen molar-refractivity contribution < 1.29 is 49.4 Å². The number of Topliss-reactive ketones (excluding diaryl/α,β-unsaturated/α-hetero) is 3. The molecule has 14 nitrogen and oxygen atoms in total. The van der Waals surface area contributed by atoms with Crippen LogP contribution in [0.4, 0.5) is 0 Å². The third-order valence-corrected chi connectivity index (χ3v) is 15.7. The number of aliphatic hydroxyl groups is 4. The van der Waals surface area contributed by atoms with E-state index >= 15 is 0 Å². The molecule has 0 aromatic heterocycles. The SMILES string of the molecule is CN(C)[C@@H]1C(=O)C(C(=O)NN2CCN(CCOc3ccc4c(c3)CC[C@@H]3[C@@H]4CC[C@]4(C)C(=O)CC[C@@H]34)CC2)=C(O)[C@@]2(O)C(=O)C3=C(O)c4c(O)cccc4[C@@](C)(O)[C@H]3C[C@@H]12. The number of phenolic OH excluding ortho intramolecular Hbond substituents is 1. The van der Waals surface area contributed by atoms with Crippen molar-refractivity contribution in [3.8, 4) is 11.5 Å². The Morgan fingerprint density at radius 3 is 2.43 bits per heavy atom. The lowest BCUT2D eigenvalue weighted by atomic mass is 9.54. The summed E-state index contributed by atoms with van der Waals surface area (Å²) in [6.45, 7) is 6.71. The molecule has 9 atom stereocenters. The maximum atomic E-state index is 14.4. The number of piperazine rings is 1. The van der Waals surface area contributed by atoms with E-state index < -0.39 is 69.2 Å². The molecule has 0 spiro atoms. The molecule has 320 valence electrons. The molecule has 9 rings (SSSR count). The number of ketones is 3. The van der Waals surface area contributed by atoms with Gasteiger partial charge in [-0.2, -0.15) is 0 Å². The zero-order valence-electron chi connectivity index (χ0n) is 34.7. The van der Waals surface area contributed by atoms with E-state index in [1.165, 1.54) is 41.1 Å². The van der Waals surface area contributed by atoms with Crippen LogP contribution < -0.4 is 10.2 Å². The van der Waals surface area contributed by atoms with E-state index in [9.17, 15) is 44.7 Å². The number of fused-ring (bicyclic) bond motifs is 8. The van der Waals surface area contributed by atoms with Crippen molar-refractivity contribution in [2.75, 3.05) is 53.4 Å². The molecule has 7 aliphatic rings. The Balaban J connectivity index is 0.844. The van der Waals surface area contributed by atoms with E-state index in [0.29, 0.717) is 62.9 Å². The Morgan fingerprint density at radius 1 is 0.950 bits per heavy atom. The zero-order chi connectivity index (χ0) is 42.6. The van der Waals surface area contributed by atoms with E-state index in [0.717, 1.165) is 44.3 Å². The molecule has 0 unspecified atom stereocenters. The van der Waals surface area contributed by atoms with Crippen LogP contribution in [0.2, 0.25) is 0 Å². The molecular formula is C46H56N4O10. The first-order chi connectivity index (χ1) is 28.5.